The van der Waals surface area contributed by atoms with Crippen LogP contribution in [-0.2, 0) is 5.54 Å². The molecule has 4 aromatic rings. The van der Waals surface area contributed by atoms with Crippen LogP contribution in [0.15, 0.2) is 48.8 Å². The van der Waals surface area contributed by atoms with E-state index >= 15 is 0 Å². The molecule has 2 aromatic heterocycles. The molecule has 7 heteroatoms. The zero-order chi connectivity index (χ0) is 20.6. The third-order valence-corrected chi connectivity index (χ3v) is 4.88. The lowest BCUT2D eigenvalue weighted by molar-refractivity contribution is 0.415. The van der Waals surface area contributed by atoms with E-state index in [2.05, 4.69) is 25.5 Å². The molecule has 0 saturated carbocycles. The van der Waals surface area contributed by atoms with Gasteiger partial charge in [0, 0.05) is 11.8 Å². The molecule has 0 aliphatic rings. The molecular formula is C22H22FN5O. The van der Waals surface area contributed by atoms with Gasteiger partial charge in [0.05, 0.1) is 29.2 Å². The summed E-state index contributed by atoms with van der Waals surface area (Å²) in [6, 6.07) is 12.1. The zero-order valence-electron chi connectivity index (χ0n) is 16.7. The highest BCUT2D eigenvalue weighted by Crippen LogP contribution is 2.37. The predicted molar refractivity (Wildman–Crippen MR) is 111 cm³/mol. The number of halogens is 1. The second kappa shape index (κ2) is 7.16. The molecule has 0 aliphatic carbocycles. The number of aromatic amines is 1. The molecule has 2 N–H and O–H groups in total. The summed E-state index contributed by atoms with van der Waals surface area (Å²) in [6.07, 6.45) is 1.52. The van der Waals surface area contributed by atoms with Gasteiger partial charge < -0.3 is 10.1 Å². The van der Waals surface area contributed by atoms with Gasteiger partial charge in [-0.2, -0.15) is 5.10 Å². The van der Waals surface area contributed by atoms with Crippen molar-refractivity contribution in [3.8, 4) is 16.9 Å². The minimum atomic E-state index is -0.480. The minimum Gasteiger partial charge on any atom is -0.497 e. The zero-order valence-corrected chi connectivity index (χ0v) is 16.7. The summed E-state index contributed by atoms with van der Waals surface area (Å²) in [4.78, 5) is 8.94. The first-order valence-electron chi connectivity index (χ1n) is 9.27. The standard InChI is InChI=1S/C22H22FN5O/c1-13-9-19(28-27-13)22(2,3)26-21-20-17(14-5-7-15(23)8-6-14)10-16(29-4)11-18(20)24-12-25-21/h5-12H,1-4H3,(H,27,28)(H,24,25,26). The lowest BCUT2D eigenvalue weighted by atomic mass is 9.97. The van der Waals surface area contributed by atoms with E-state index in [0.29, 0.717) is 11.6 Å². The van der Waals surface area contributed by atoms with Crippen molar-refractivity contribution < 1.29 is 9.13 Å². The highest BCUT2D eigenvalue weighted by atomic mass is 19.1. The van der Waals surface area contributed by atoms with E-state index in [1.54, 1.807) is 19.2 Å². The van der Waals surface area contributed by atoms with Gasteiger partial charge >= 0.3 is 0 Å². The topological polar surface area (TPSA) is 75.7 Å². The Bertz CT molecular complexity index is 1170. The summed E-state index contributed by atoms with van der Waals surface area (Å²) in [5.41, 5.74) is 3.82. The number of hydrogen-bond acceptors (Lipinski definition) is 5. The molecule has 0 radical (unpaired) electrons. The van der Waals surface area contributed by atoms with Crippen molar-refractivity contribution in [2.24, 2.45) is 0 Å². The van der Waals surface area contributed by atoms with Gasteiger partial charge in [0.2, 0.25) is 0 Å². The van der Waals surface area contributed by atoms with Crippen LogP contribution in [0.5, 0.6) is 5.75 Å². The first kappa shape index (κ1) is 18.9. The molecule has 0 unspecified atom stereocenters. The average molecular weight is 391 g/mol. The van der Waals surface area contributed by atoms with Gasteiger partial charge in [0.15, 0.2) is 0 Å². The number of fused-ring (bicyclic) bond motifs is 1. The first-order valence-corrected chi connectivity index (χ1v) is 9.27. The molecule has 0 saturated heterocycles. The first-order chi connectivity index (χ1) is 13.9. The number of hydrogen-bond donors (Lipinski definition) is 2. The van der Waals surface area contributed by atoms with Crippen molar-refractivity contribution in [2.45, 2.75) is 26.3 Å². The van der Waals surface area contributed by atoms with Crippen molar-refractivity contribution in [1.29, 1.82) is 0 Å². The van der Waals surface area contributed by atoms with Gasteiger partial charge in [-0.05, 0) is 56.2 Å². The number of benzene rings is 2. The molecule has 2 aromatic carbocycles. The van der Waals surface area contributed by atoms with E-state index in [0.717, 1.165) is 33.4 Å². The molecular weight excluding hydrogens is 369 g/mol. The maximum absolute atomic E-state index is 13.5. The number of H-pyrrole nitrogens is 1. The number of aryl methyl sites for hydroxylation is 1. The summed E-state index contributed by atoms with van der Waals surface area (Å²) in [7, 11) is 1.61. The Balaban J connectivity index is 1.90. The molecule has 0 amide bonds. The number of anilines is 1. The fraction of sp³-hybridized carbons (Fsp3) is 0.227. The van der Waals surface area contributed by atoms with Crippen LogP contribution in [0.2, 0.25) is 0 Å². The number of nitrogens with zero attached hydrogens (tertiary/aromatic N) is 3. The van der Waals surface area contributed by atoms with E-state index < -0.39 is 5.54 Å². The molecule has 29 heavy (non-hydrogen) atoms. The van der Waals surface area contributed by atoms with Gasteiger partial charge in [-0.25, -0.2) is 14.4 Å². The van der Waals surface area contributed by atoms with E-state index in [-0.39, 0.29) is 5.82 Å². The van der Waals surface area contributed by atoms with Gasteiger partial charge in [-0.3, -0.25) is 5.10 Å². The maximum Gasteiger partial charge on any atom is 0.138 e. The highest BCUT2D eigenvalue weighted by molar-refractivity contribution is 6.02. The molecule has 0 fully saturated rings. The van der Waals surface area contributed by atoms with Crippen LogP contribution in [0.4, 0.5) is 10.2 Å². The van der Waals surface area contributed by atoms with Crippen molar-refractivity contribution >= 4 is 16.7 Å². The highest BCUT2D eigenvalue weighted by Gasteiger charge is 2.25. The number of nitrogens with one attached hydrogen (secondary N) is 2. The van der Waals surface area contributed by atoms with Crippen LogP contribution in [-0.4, -0.2) is 27.3 Å². The monoisotopic (exact) mass is 391 g/mol. The maximum atomic E-state index is 13.5. The fourth-order valence-electron chi connectivity index (χ4n) is 3.33. The van der Waals surface area contributed by atoms with Crippen LogP contribution in [0, 0.1) is 12.7 Å². The summed E-state index contributed by atoms with van der Waals surface area (Å²) in [5.74, 6) is 1.05. The van der Waals surface area contributed by atoms with Crippen LogP contribution in [0.1, 0.15) is 25.2 Å². The lowest BCUT2D eigenvalue weighted by Gasteiger charge is -2.26. The third-order valence-electron chi connectivity index (χ3n) is 4.88. The Hall–Kier alpha value is -3.48. The van der Waals surface area contributed by atoms with E-state index in [4.69, 9.17) is 4.74 Å². The number of ether oxygens (including phenoxy) is 1. The van der Waals surface area contributed by atoms with Crippen molar-refractivity contribution in [3.63, 3.8) is 0 Å². The molecule has 0 atom stereocenters. The Labute approximate surface area is 168 Å². The third kappa shape index (κ3) is 3.63. The van der Waals surface area contributed by atoms with E-state index in [1.807, 2.05) is 39.0 Å². The molecule has 6 nitrogen and oxygen atoms in total. The molecule has 148 valence electrons. The average Bonchev–Trinajstić information content (AvgIpc) is 3.15. The molecule has 2 heterocycles. The molecule has 4 rings (SSSR count). The van der Waals surface area contributed by atoms with Gasteiger partial charge in [0.1, 0.15) is 23.7 Å². The summed E-state index contributed by atoms with van der Waals surface area (Å²) < 4.78 is 18.9. The summed E-state index contributed by atoms with van der Waals surface area (Å²) in [6.45, 7) is 6.04. The molecule has 0 aliphatic heterocycles. The summed E-state index contributed by atoms with van der Waals surface area (Å²) in [5, 5.41) is 11.7. The van der Waals surface area contributed by atoms with Crippen LogP contribution in [0.3, 0.4) is 0 Å². The van der Waals surface area contributed by atoms with Crippen LogP contribution >= 0.6 is 0 Å². The Morgan fingerprint density at radius 3 is 2.48 bits per heavy atom. The number of methoxy groups -OCH3 is 1. The second-order valence-electron chi connectivity index (χ2n) is 7.48. The van der Waals surface area contributed by atoms with Gasteiger partial charge in [-0.15, -0.1) is 0 Å². The number of rotatable bonds is 5. The Kier molecular flexibility index (Phi) is 4.66. The van der Waals surface area contributed by atoms with Crippen molar-refractivity contribution in [1.82, 2.24) is 20.2 Å². The van der Waals surface area contributed by atoms with Crippen LogP contribution in [0.25, 0.3) is 22.0 Å². The quantitative estimate of drug-likeness (QED) is 0.510. The lowest BCUT2D eigenvalue weighted by Crippen LogP contribution is -2.29. The van der Waals surface area contributed by atoms with Crippen LogP contribution < -0.4 is 10.1 Å². The van der Waals surface area contributed by atoms with E-state index in [9.17, 15) is 4.39 Å². The fourth-order valence-corrected chi connectivity index (χ4v) is 3.33. The van der Waals surface area contributed by atoms with E-state index in [1.165, 1.54) is 18.5 Å². The largest absolute Gasteiger partial charge is 0.497 e. The second-order valence-corrected chi connectivity index (χ2v) is 7.48. The van der Waals surface area contributed by atoms with Gasteiger partial charge in [-0.1, -0.05) is 12.1 Å². The van der Waals surface area contributed by atoms with Crippen molar-refractivity contribution in [2.75, 3.05) is 12.4 Å². The smallest absolute Gasteiger partial charge is 0.138 e. The SMILES string of the molecule is COc1cc(-c2ccc(F)cc2)c2c(NC(C)(C)c3cc(C)[nH]n3)ncnc2c1. The van der Waals surface area contributed by atoms with Gasteiger partial charge in [0.25, 0.3) is 0 Å². The summed E-state index contributed by atoms with van der Waals surface area (Å²) >= 11 is 0. The molecule has 0 bridgehead atoms. The Morgan fingerprint density at radius 1 is 1.07 bits per heavy atom. The minimum absolute atomic E-state index is 0.286. The number of aromatic nitrogens is 4. The molecule has 0 spiro atoms. The normalized spacial score (nSPS) is 11.6. The Morgan fingerprint density at radius 2 is 1.83 bits per heavy atom. The van der Waals surface area contributed by atoms with Crippen molar-refractivity contribution in [3.05, 3.63) is 66.0 Å². The predicted octanol–water partition coefficient (Wildman–Crippen LogP) is 4.82.